The van der Waals surface area contributed by atoms with Gasteiger partial charge in [-0.15, -0.1) is 24.0 Å². The van der Waals surface area contributed by atoms with Gasteiger partial charge in [-0.2, -0.15) is 5.26 Å². The van der Waals surface area contributed by atoms with Gasteiger partial charge in [0.2, 0.25) is 0 Å². The van der Waals surface area contributed by atoms with Crippen LogP contribution in [-0.2, 0) is 0 Å². The summed E-state index contributed by atoms with van der Waals surface area (Å²) in [6, 6.07) is 8.14. The monoisotopic (exact) mass is 205 g/mol. The van der Waals surface area contributed by atoms with Crippen LogP contribution in [0.3, 0.4) is 0 Å². The van der Waals surface area contributed by atoms with Gasteiger partial charge in [-0.25, -0.2) is 0 Å². The molecule has 2 rings (SSSR count). The van der Waals surface area contributed by atoms with Gasteiger partial charge in [0.25, 0.3) is 0 Å². The van der Waals surface area contributed by atoms with Gasteiger partial charge >= 0.3 is 0 Å². The first kappa shape index (κ1) is 8.61. The molecule has 2 aromatic rings. The Balaban J connectivity index is 2.79. The molecule has 0 aliphatic heterocycles. The molecular weight excluding hydrogens is 198 g/mol. The summed E-state index contributed by atoms with van der Waals surface area (Å²) >= 11 is 5.85. The molecule has 0 amide bonds. The van der Waals surface area contributed by atoms with E-state index in [4.69, 9.17) is 5.26 Å². The van der Waals surface area contributed by atoms with Crippen molar-refractivity contribution in [3.05, 3.63) is 28.6 Å². The topological polar surface area (TPSA) is 23.8 Å². The van der Waals surface area contributed by atoms with E-state index >= 15 is 0 Å². The van der Waals surface area contributed by atoms with Crippen molar-refractivity contribution in [2.24, 2.45) is 0 Å². The van der Waals surface area contributed by atoms with Crippen LogP contribution in [0.5, 0.6) is 0 Å². The van der Waals surface area contributed by atoms with Gasteiger partial charge in [-0.1, -0.05) is 0 Å². The summed E-state index contributed by atoms with van der Waals surface area (Å²) in [6.45, 7) is 2.02. The highest BCUT2D eigenvalue weighted by atomic mass is 32.1. The van der Waals surface area contributed by atoms with Crippen LogP contribution in [0.4, 0.5) is 0 Å². The molecule has 13 heavy (non-hydrogen) atoms. The number of aryl methyl sites for hydroxylation is 1. The molecule has 0 radical (unpaired) electrons. The number of nitriles is 1. The quantitative estimate of drug-likeness (QED) is 0.655. The Bertz CT molecular complexity index is 466. The van der Waals surface area contributed by atoms with Crippen molar-refractivity contribution in [3.63, 3.8) is 0 Å². The van der Waals surface area contributed by atoms with Crippen molar-refractivity contribution >= 4 is 34.1 Å². The summed E-state index contributed by atoms with van der Waals surface area (Å²) in [7, 11) is 0. The van der Waals surface area contributed by atoms with Crippen LogP contribution in [0.2, 0.25) is 0 Å². The predicted molar refractivity (Wildman–Crippen MR) is 58.5 cm³/mol. The third-order valence-corrected chi connectivity index (χ3v) is 3.43. The molecule has 0 bridgehead atoms. The lowest BCUT2D eigenvalue weighted by Gasteiger charge is -1.97. The molecule has 64 valence electrons. The standard InChI is InChI=1S/C10H7NS2/c1-6-2-7-3-8(5-11)13-10(7)4-9(6)12/h2-4,12H,1H3. The van der Waals surface area contributed by atoms with Crippen LogP contribution in [0.1, 0.15) is 10.4 Å². The molecule has 0 aliphatic rings. The Morgan fingerprint density at radius 2 is 2.15 bits per heavy atom. The van der Waals surface area contributed by atoms with E-state index in [0.717, 1.165) is 25.4 Å². The largest absolute Gasteiger partial charge is 0.192 e. The molecule has 0 unspecified atom stereocenters. The first-order valence-corrected chi connectivity index (χ1v) is 5.10. The van der Waals surface area contributed by atoms with Gasteiger partial charge in [0.05, 0.1) is 0 Å². The molecular formula is C10H7NS2. The van der Waals surface area contributed by atoms with Crippen molar-refractivity contribution in [2.45, 2.75) is 11.8 Å². The van der Waals surface area contributed by atoms with E-state index in [1.54, 1.807) is 0 Å². The van der Waals surface area contributed by atoms with E-state index in [1.165, 1.54) is 11.3 Å². The lowest BCUT2D eigenvalue weighted by Crippen LogP contribution is -1.73. The van der Waals surface area contributed by atoms with Crippen LogP contribution < -0.4 is 0 Å². The van der Waals surface area contributed by atoms with Crippen LogP contribution >= 0.6 is 24.0 Å². The Hall–Kier alpha value is -0.980. The highest BCUT2D eigenvalue weighted by Gasteiger charge is 2.02. The van der Waals surface area contributed by atoms with Crippen LogP contribution in [0.25, 0.3) is 10.1 Å². The summed E-state index contributed by atoms with van der Waals surface area (Å²) in [6.07, 6.45) is 0. The van der Waals surface area contributed by atoms with Crippen molar-refractivity contribution in [1.29, 1.82) is 5.26 Å². The van der Waals surface area contributed by atoms with Crippen molar-refractivity contribution < 1.29 is 0 Å². The number of thiophene rings is 1. The Kier molecular flexibility index (Phi) is 2.03. The predicted octanol–water partition coefficient (Wildman–Crippen LogP) is 3.37. The Morgan fingerprint density at radius 1 is 1.38 bits per heavy atom. The van der Waals surface area contributed by atoms with Gasteiger partial charge in [-0.05, 0) is 36.1 Å². The first-order chi connectivity index (χ1) is 6.20. The number of fused-ring (bicyclic) bond motifs is 1. The van der Waals surface area contributed by atoms with Gasteiger partial charge in [-0.3, -0.25) is 0 Å². The Morgan fingerprint density at radius 3 is 2.85 bits per heavy atom. The second-order valence-electron chi connectivity index (χ2n) is 2.90. The van der Waals surface area contributed by atoms with Crippen molar-refractivity contribution in [2.75, 3.05) is 0 Å². The number of nitrogens with zero attached hydrogens (tertiary/aromatic N) is 1. The SMILES string of the molecule is Cc1cc2cc(C#N)sc2cc1S. The third kappa shape index (κ3) is 1.43. The number of rotatable bonds is 0. The highest BCUT2D eigenvalue weighted by molar-refractivity contribution is 7.80. The zero-order valence-corrected chi connectivity index (χ0v) is 8.75. The zero-order chi connectivity index (χ0) is 9.42. The fourth-order valence-electron chi connectivity index (χ4n) is 1.25. The summed E-state index contributed by atoms with van der Waals surface area (Å²) in [5, 5.41) is 9.85. The average Bonchev–Trinajstić information content (AvgIpc) is 2.48. The number of thiol groups is 1. The lowest BCUT2D eigenvalue weighted by molar-refractivity contribution is 1.35. The van der Waals surface area contributed by atoms with E-state index < -0.39 is 0 Å². The maximum Gasteiger partial charge on any atom is 0.110 e. The Labute approximate surface area is 86.0 Å². The smallest absolute Gasteiger partial charge is 0.110 e. The van der Waals surface area contributed by atoms with E-state index in [1.807, 2.05) is 19.1 Å². The molecule has 0 saturated heterocycles. The second kappa shape index (κ2) is 3.06. The van der Waals surface area contributed by atoms with E-state index in [9.17, 15) is 0 Å². The molecule has 3 heteroatoms. The first-order valence-electron chi connectivity index (χ1n) is 3.84. The summed E-state index contributed by atoms with van der Waals surface area (Å²) in [5.74, 6) is 0. The van der Waals surface area contributed by atoms with E-state index in [2.05, 4.69) is 24.8 Å². The number of hydrogen-bond donors (Lipinski definition) is 1. The molecule has 1 nitrogen and oxygen atoms in total. The van der Waals surface area contributed by atoms with Gasteiger partial charge < -0.3 is 0 Å². The number of benzene rings is 1. The van der Waals surface area contributed by atoms with Crippen molar-refractivity contribution in [1.82, 2.24) is 0 Å². The molecule has 0 aliphatic carbocycles. The third-order valence-electron chi connectivity index (χ3n) is 1.95. The molecule has 1 aromatic heterocycles. The number of hydrogen-bond acceptors (Lipinski definition) is 3. The van der Waals surface area contributed by atoms with Gasteiger partial charge in [0.1, 0.15) is 10.9 Å². The lowest BCUT2D eigenvalue weighted by atomic mass is 10.2. The van der Waals surface area contributed by atoms with Gasteiger partial charge in [0, 0.05) is 9.60 Å². The summed E-state index contributed by atoms with van der Waals surface area (Å²) in [5.41, 5.74) is 1.15. The van der Waals surface area contributed by atoms with E-state index in [-0.39, 0.29) is 0 Å². The second-order valence-corrected chi connectivity index (χ2v) is 4.46. The normalized spacial score (nSPS) is 10.2. The molecule has 0 spiro atoms. The molecule has 0 fully saturated rings. The highest BCUT2D eigenvalue weighted by Crippen LogP contribution is 2.29. The molecule has 1 aromatic carbocycles. The average molecular weight is 205 g/mol. The fraction of sp³-hybridized carbons (Fsp3) is 0.100. The minimum Gasteiger partial charge on any atom is -0.192 e. The molecule has 1 heterocycles. The maximum atomic E-state index is 8.72. The summed E-state index contributed by atoms with van der Waals surface area (Å²) in [4.78, 5) is 1.74. The maximum absolute atomic E-state index is 8.72. The minimum absolute atomic E-state index is 0.758. The van der Waals surface area contributed by atoms with Crippen molar-refractivity contribution in [3.8, 4) is 6.07 Å². The van der Waals surface area contributed by atoms with Crippen LogP contribution in [0.15, 0.2) is 23.1 Å². The minimum atomic E-state index is 0.758. The molecule has 0 atom stereocenters. The molecule has 0 N–H and O–H groups in total. The molecule has 0 saturated carbocycles. The zero-order valence-electron chi connectivity index (χ0n) is 7.03. The van der Waals surface area contributed by atoms with Gasteiger partial charge in [0.15, 0.2) is 0 Å². The van der Waals surface area contributed by atoms with E-state index in [0.29, 0.717) is 0 Å². The van der Waals surface area contributed by atoms with Crippen LogP contribution in [0, 0.1) is 18.3 Å². The van der Waals surface area contributed by atoms with Crippen LogP contribution in [-0.4, -0.2) is 0 Å². The fourth-order valence-corrected chi connectivity index (χ4v) is 2.41. The summed E-state index contributed by atoms with van der Waals surface area (Å²) < 4.78 is 1.13.